The van der Waals surface area contributed by atoms with Crippen molar-refractivity contribution in [1.29, 1.82) is 0 Å². The molecule has 9 heteroatoms. The summed E-state index contributed by atoms with van der Waals surface area (Å²) in [6, 6.07) is 0.431. The van der Waals surface area contributed by atoms with Gasteiger partial charge in [0.1, 0.15) is 6.04 Å². The van der Waals surface area contributed by atoms with Crippen LogP contribution in [0.1, 0.15) is 19.9 Å². The van der Waals surface area contributed by atoms with Gasteiger partial charge in [-0.25, -0.2) is 4.79 Å². The number of nitrogens with one attached hydrogen (secondary N) is 1. The molecule has 6 nitrogen and oxygen atoms in total. The van der Waals surface area contributed by atoms with Crippen molar-refractivity contribution >= 4 is 11.9 Å². The monoisotopic (exact) mass is 279 g/mol. The van der Waals surface area contributed by atoms with Crippen molar-refractivity contribution in [2.75, 3.05) is 0 Å². The van der Waals surface area contributed by atoms with E-state index >= 15 is 0 Å². The number of carboxylic acid groups (broad SMARTS) is 1. The maximum atomic E-state index is 12.7. The highest BCUT2D eigenvalue weighted by Gasteiger charge is 2.58. The molecule has 106 valence electrons. The molecular formula is C10H12F3N3O3. The lowest BCUT2D eigenvalue weighted by Gasteiger charge is -2.29. The van der Waals surface area contributed by atoms with Crippen molar-refractivity contribution in [3.63, 3.8) is 0 Å². The number of rotatable bonds is 4. The Kier molecular flexibility index (Phi) is 3.87. The summed E-state index contributed by atoms with van der Waals surface area (Å²) in [6.07, 6.45) is -2.38. The first-order valence-corrected chi connectivity index (χ1v) is 5.21. The molecule has 19 heavy (non-hydrogen) atoms. The zero-order chi connectivity index (χ0) is 14.8. The Labute approximate surface area is 106 Å². The highest BCUT2D eigenvalue weighted by molar-refractivity contribution is 5.89. The summed E-state index contributed by atoms with van der Waals surface area (Å²) < 4.78 is 39.2. The number of carboxylic acids is 1. The van der Waals surface area contributed by atoms with Gasteiger partial charge in [-0.05, 0) is 19.9 Å². The molecule has 0 aliphatic carbocycles. The van der Waals surface area contributed by atoms with Crippen LogP contribution in [0, 0.1) is 0 Å². The molecule has 2 atom stereocenters. The summed E-state index contributed by atoms with van der Waals surface area (Å²) in [4.78, 5) is 22.4. The first kappa shape index (κ1) is 15.0. The minimum atomic E-state index is -5.11. The number of alkyl halides is 3. The van der Waals surface area contributed by atoms with Crippen LogP contribution in [0.2, 0.25) is 0 Å². The third-order valence-electron chi connectivity index (χ3n) is 2.67. The number of hydrogen-bond donors (Lipinski definition) is 2. The van der Waals surface area contributed by atoms with Crippen LogP contribution in [-0.4, -0.2) is 38.5 Å². The van der Waals surface area contributed by atoms with Crippen LogP contribution in [0.25, 0.3) is 0 Å². The van der Waals surface area contributed by atoms with E-state index in [-0.39, 0.29) is 0 Å². The highest BCUT2D eigenvalue weighted by Crippen LogP contribution is 2.30. The summed E-state index contributed by atoms with van der Waals surface area (Å²) in [5, 5.41) is 13.9. The van der Waals surface area contributed by atoms with Gasteiger partial charge >= 0.3 is 12.1 Å². The Morgan fingerprint density at radius 3 is 2.37 bits per heavy atom. The van der Waals surface area contributed by atoms with E-state index < -0.39 is 29.6 Å². The minimum absolute atomic E-state index is 0.392. The normalized spacial score (nSPS) is 16.5. The van der Waals surface area contributed by atoms with Gasteiger partial charge in [-0.3, -0.25) is 9.48 Å². The van der Waals surface area contributed by atoms with E-state index in [1.807, 2.05) is 0 Å². The van der Waals surface area contributed by atoms with Gasteiger partial charge in [-0.2, -0.15) is 18.3 Å². The van der Waals surface area contributed by atoms with Crippen molar-refractivity contribution in [2.45, 2.75) is 31.6 Å². The summed E-state index contributed by atoms with van der Waals surface area (Å²) in [5.74, 6) is -3.27. The summed E-state index contributed by atoms with van der Waals surface area (Å²) in [6.45, 7) is 1.70. The Morgan fingerprint density at radius 1 is 1.42 bits per heavy atom. The highest BCUT2D eigenvalue weighted by atomic mass is 19.4. The van der Waals surface area contributed by atoms with Gasteiger partial charge in [0.2, 0.25) is 11.4 Å². The molecule has 2 N–H and O–H groups in total. The smallest absolute Gasteiger partial charge is 0.422 e. The maximum absolute atomic E-state index is 12.7. The van der Waals surface area contributed by atoms with Crippen LogP contribution in [-0.2, 0) is 9.59 Å². The van der Waals surface area contributed by atoms with Crippen LogP contribution in [0.15, 0.2) is 18.5 Å². The van der Waals surface area contributed by atoms with Crippen molar-refractivity contribution in [3.05, 3.63) is 18.5 Å². The molecule has 1 amide bonds. The fraction of sp³-hybridized carbons (Fsp3) is 0.500. The number of hydrogen-bond acceptors (Lipinski definition) is 3. The number of aliphatic carboxylic acids is 1. The molecule has 2 unspecified atom stereocenters. The quantitative estimate of drug-likeness (QED) is 0.860. The predicted molar refractivity (Wildman–Crippen MR) is 57.2 cm³/mol. The number of halogens is 3. The standard InChI is InChI=1S/C10H12F3N3O3/c1-6(16-5-3-4-14-16)7(17)15-9(2,8(18)19)10(11,12)13/h3-6H,1-2H3,(H,15,17)(H,18,19). The molecule has 0 spiro atoms. The van der Waals surface area contributed by atoms with E-state index in [9.17, 15) is 22.8 Å². The van der Waals surface area contributed by atoms with Crippen molar-refractivity contribution in [2.24, 2.45) is 0 Å². The lowest BCUT2D eigenvalue weighted by atomic mass is 10.0. The second-order valence-electron chi connectivity index (χ2n) is 4.08. The van der Waals surface area contributed by atoms with Gasteiger partial charge in [0.15, 0.2) is 0 Å². The Balaban J connectivity index is 2.93. The summed E-state index contributed by atoms with van der Waals surface area (Å²) in [5.41, 5.74) is -3.34. The van der Waals surface area contributed by atoms with Crippen molar-refractivity contribution in [3.8, 4) is 0 Å². The molecule has 0 aliphatic rings. The van der Waals surface area contributed by atoms with Gasteiger partial charge in [0.25, 0.3) is 0 Å². The number of carbonyl (C=O) groups is 2. The molecule has 0 fully saturated rings. The van der Waals surface area contributed by atoms with E-state index in [0.717, 1.165) is 4.68 Å². The second-order valence-corrected chi connectivity index (χ2v) is 4.08. The topological polar surface area (TPSA) is 84.2 Å². The number of carbonyl (C=O) groups excluding carboxylic acids is 1. The molecule has 1 aromatic heterocycles. The zero-order valence-corrected chi connectivity index (χ0v) is 10.1. The molecule has 0 saturated carbocycles. The fourth-order valence-corrected chi connectivity index (χ4v) is 1.23. The predicted octanol–water partition coefficient (Wildman–Crippen LogP) is 0.966. The average Bonchev–Trinajstić information content (AvgIpc) is 2.79. The molecule has 1 rings (SSSR count). The van der Waals surface area contributed by atoms with Gasteiger partial charge in [0, 0.05) is 12.4 Å². The van der Waals surface area contributed by atoms with Gasteiger partial charge in [-0.1, -0.05) is 0 Å². The zero-order valence-electron chi connectivity index (χ0n) is 10.1. The molecule has 1 aromatic rings. The van der Waals surface area contributed by atoms with Crippen molar-refractivity contribution < 1.29 is 27.9 Å². The van der Waals surface area contributed by atoms with Crippen LogP contribution in [0.5, 0.6) is 0 Å². The first-order chi connectivity index (χ1) is 8.59. The Bertz CT molecular complexity index is 472. The first-order valence-electron chi connectivity index (χ1n) is 5.21. The van der Waals surface area contributed by atoms with Crippen LogP contribution in [0.4, 0.5) is 13.2 Å². The van der Waals surface area contributed by atoms with E-state index in [0.29, 0.717) is 6.92 Å². The van der Waals surface area contributed by atoms with Crippen LogP contribution < -0.4 is 5.32 Å². The largest absolute Gasteiger partial charge is 0.479 e. The molecule has 0 aliphatic heterocycles. The van der Waals surface area contributed by atoms with E-state index in [1.165, 1.54) is 30.7 Å². The number of aromatic nitrogens is 2. The molecule has 0 bridgehead atoms. The molecular weight excluding hydrogens is 267 g/mol. The van der Waals surface area contributed by atoms with Crippen LogP contribution in [0.3, 0.4) is 0 Å². The molecule has 0 aromatic carbocycles. The number of amides is 1. The maximum Gasteiger partial charge on any atom is 0.422 e. The third kappa shape index (κ3) is 2.85. The second kappa shape index (κ2) is 4.90. The average molecular weight is 279 g/mol. The van der Waals surface area contributed by atoms with E-state index in [4.69, 9.17) is 5.11 Å². The Hall–Kier alpha value is -2.06. The van der Waals surface area contributed by atoms with E-state index in [2.05, 4.69) is 5.10 Å². The lowest BCUT2D eigenvalue weighted by molar-refractivity contribution is -0.207. The van der Waals surface area contributed by atoms with Crippen LogP contribution >= 0.6 is 0 Å². The minimum Gasteiger partial charge on any atom is -0.479 e. The molecule has 1 heterocycles. The number of nitrogens with zero attached hydrogens (tertiary/aromatic N) is 2. The van der Waals surface area contributed by atoms with E-state index in [1.54, 1.807) is 0 Å². The summed E-state index contributed by atoms with van der Waals surface area (Å²) >= 11 is 0. The lowest BCUT2D eigenvalue weighted by Crippen LogP contribution is -2.62. The SMILES string of the molecule is CC(C(=O)NC(C)(C(=O)O)C(F)(F)F)n1cccn1. The molecule has 0 radical (unpaired) electrons. The van der Waals surface area contributed by atoms with Crippen molar-refractivity contribution in [1.82, 2.24) is 15.1 Å². The Morgan fingerprint density at radius 2 is 2.00 bits per heavy atom. The van der Waals surface area contributed by atoms with Gasteiger partial charge in [0.05, 0.1) is 0 Å². The van der Waals surface area contributed by atoms with Gasteiger partial charge in [-0.15, -0.1) is 0 Å². The van der Waals surface area contributed by atoms with Gasteiger partial charge < -0.3 is 10.4 Å². The summed E-state index contributed by atoms with van der Waals surface area (Å²) in [7, 11) is 0. The third-order valence-corrected chi connectivity index (χ3v) is 2.67. The fourth-order valence-electron chi connectivity index (χ4n) is 1.23. The molecule has 0 saturated heterocycles.